The third kappa shape index (κ3) is 6.39. The van der Waals surface area contributed by atoms with Gasteiger partial charge in [0.15, 0.2) is 0 Å². The molecule has 0 spiro atoms. The van der Waals surface area contributed by atoms with Gasteiger partial charge < -0.3 is 0 Å². The number of unbranched alkanes of at least 4 members (excludes halogenated alkanes) is 6. The first-order valence-corrected chi connectivity index (χ1v) is 16.8. The van der Waals surface area contributed by atoms with Crippen molar-refractivity contribution in [2.24, 2.45) is 0 Å². The molecule has 0 aliphatic heterocycles. The fourth-order valence-corrected chi connectivity index (χ4v) is 12.7. The Morgan fingerprint density at radius 2 is 1.11 bits per heavy atom. The van der Waals surface area contributed by atoms with E-state index in [1.54, 1.807) is 91.0 Å². The molecule has 0 atom stereocenters. The molecule has 8 heteroatoms. The van der Waals surface area contributed by atoms with Gasteiger partial charge in [0.05, 0.1) is 0 Å². The Balaban J connectivity index is 2.22. The molecule has 0 saturated heterocycles. The zero-order valence-corrected chi connectivity index (χ0v) is 23.4. The average Bonchev–Trinajstić information content (AvgIpc) is 2.92. The van der Waals surface area contributed by atoms with Gasteiger partial charge in [0.1, 0.15) is 0 Å². The molecule has 0 aromatic heterocycles. The molecule has 0 aliphatic carbocycles. The minimum absolute atomic E-state index is 0.0330. The van der Waals surface area contributed by atoms with E-state index >= 15 is 0 Å². The summed E-state index contributed by atoms with van der Waals surface area (Å²) in [7, 11) is -5.99. The zero-order valence-electron chi connectivity index (χ0n) is 21.7. The number of benzene rings is 3. The second-order valence-corrected chi connectivity index (χ2v) is 15.7. The van der Waals surface area contributed by atoms with E-state index in [0.717, 1.165) is 25.7 Å². The number of hydrogen-bond acceptors (Lipinski definition) is 3. The van der Waals surface area contributed by atoms with Crippen LogP contribution in [-0.4, -0.2) is 20.1 Å². The standard InChI is InChI=1S/C30H36F3O3PS/c1-2-3-4-5-6-7-8-9-19-26-37(27-20-13-10-14-21-27,28-22-15-11-16-23-28,29-24-17-12-18-25-29)36-38(34,35)30(31,32)33/h9-25H,2-8,26H2,1H3/b19-9+. The van der Waals surface area contributed by atoms with E-state index in [2.05, 4.69) is 6.92 Å². The van der Waals surface area contributed by atoms with Gasteiger partial charge in [-0.1, -0.05) is 0 Å². The average molecular weight is 565 g/mol. The van der Waals surface area contributed by atoms with Gasteiger partial charge >= 0.3 is 225 Å². The quantitative estimate of drug-likeness (QED) is 0.0876. The van der Waals surface area contributed by atoms with E-state index in [4.69, 9.17) is 3.97 Å². The van der Waals surface area contributed by atoms with Gasteiger partial charge in [-0.05, 0) is 0 Å². The van der Waals surface area contributed by atoms with Crippen LogP contribution >= 0.6 is 6.83 Å². The first-order chi connectivity index (χ1) is 18.2. The predicted molar refractivity (Wildman–Crippen MR) is 153 cm³/mol. The van der Waals surface area contributed by atoms with Crippen LogP contribution in [0.4, 0.5) is 13.2 Å². The fraction of sp³-hybridized carbons (Fsp3) is 0.333. The second-order valence-electron chi connectivity index (χ2n) is 9.40. The van der Waals surface area contributed by atoms with Gasteiger partial charge in [0.2, 0.25) is 0 Å². The predicted octanol–water partition coefficient (Wildman–Crippen LogP) is 7.60. The van der Waals surface area contributed by atoms with Crippen molar-refractivity contribution in [2.75, 3.05) is 6.16 Å². The summed E-state index contributed by atoms with van der Waals surface area (Å²) in [6.45, 7) is -2.56. The molecule has 38 heavy (non-hydrogen) atoms. The molecule has 0 amide bonds. The SMILES string of the molecule is CCCCCCCC/C=C/CP(OS(=O)(=O)C(F)(F)F)(c1ccccc1)(c1ccccc1)c1ccccc1. The molecule has 0 bridgehead atoms. The van der Waals surface area contributed by atoms with Crippen molar-refractivity contribution < 1.29 is 25.6 Å². The molecule has 0 aliphatic rings. The van der Waals surface area contributed by atoms with E-state index in [0.29, 0.717) is 15.9 Å². The molecule has 0 fully saturated rings. The van der Waals surface area contributed by atoms with Gasteiger partial charge in [-0.15, -0.1) is 0 Å². The Labute approximate surface area is 224 Å². The summed E-state index contributed by atoms with van der Waals surface area (Å²) in [5, 5.41) is 1.23. The van der Waals surface area contributed by atoms with Crippen molar-refractivity contribution in [3.63, 3.8) is 0 Å². The van der Waals surface area contributed by atoms with Crippen molar-refractivity contribution in [3.8, 4) is 0 Å². The molecular formula is C30H36F3O3PS. The van der Waals surface area contributed by atoms with Gasteiger partial charge in [-0.2, -0.15) is 0 Å². The maximum absolute atomic E-state index is 14.0. The van der Waals surface area contributed by atoms with Crippen LogP contribution in [0.1, 0.15) is 51.9 Å². The topological polar surface area (TPSA) is 43.4 Å². The van der Waals surface area contributed by atoms with E-state index in [9.17, 15) is 21.6 Å². The van der Waals surface area contributed by atoms with Crippen molar-refractivity contribution >= 4 is 32.9 Å². The Kier molecular flexibility index (Phi) is 10.3. The molecule has 0 N–H and O–H groups in total. The Bertz CT molecular complexity index is 1160. The monoisotopic (exact) mass is 564 g/mol. The van der Waals surface area contributed by atoms with Crippen LogP contribution in [0.5, 0.6) is 0 Å². The summed E-state index contributed by atoms with van der Waals surface area (Å²) < 4.78 is 73.5. The molecule has 3 nitrogen and oxygen atoms in total. The van der Waals surface area contributed by atoms with E-state index in [1.165, 1.54) is 19.3 Å². The van der Waals surface area contributed by atoms with Gasteiger partial charge in [-0.25, -0.2) is 0 Å². The van der Waals surface area contributed by atoms with Crippen LogP contribution in [0.25, 0.3) is 0 Å². The van der Waals surface area contributed by atoms with Gasteiger partial charge in [0, 0.05) is 0 Å². The summed E-state index contributed by atoms with van der Waals surface area (Å²) in [6.07, 6.45) is 11.2. The van der Waals surface area contributed by atoms with Crippen molar-refractivity contribution in [1.29, 1.82) is 0 Å². The summed E-state index contributed by atoms with van der Waals surface area (Å²) in [6, 6.07) is 25.5. The van der Waals surface area contributed by atoms with Crippen LogP contribution in [-0.2, 0) is 14.1 Å². The van der Waals surface area contributed by atoms with Crippen LogP contribution < -0.4 is 15.9 Å². The summed E-state index contributed by atoms with van der Waals surface area (Å²) in [4.78, 5) is 0. The van der Waals surface area contributed by atoms with Crippen molar-refractivity contribution in [1.82, 2.24) is 0 Å². The minimum atomic E-state index is -5.99. The van der Waals surface area contributed by atoms with E-state index < -0.39 is 22.5 Å². The number of alkyl halides is 3. The first-order valence-electron chi connectivity index (χ1n) is 13.0. The summed E-state index contributed by atoms with van der Waals surface area (Å²) >= 11 is 0. The Morgan fingerprint density at radius 1 is 0.684 bits per heavy atom. The zero-order chi connectivity index (χ0) is 27.6. The first kappa shape index (κ1) is 30.1. The molecule has 0 saturated carbocycles. The molecule has 3 aromatic carbocycles. The van der Waals surface area contributed by atoms with E-state index in [1.807, 2.05) is 12.2 Å². The molecule has 0 radical (unpaired) electrons. The summed E-state index contributed by atoms with van der Waals surface area (Å²) in [5.41, 5.74) is -5.59. The Hall–Kier alpha value is -2.47. The molecule has 206 valence electrons. The molecule has 3 rings (SSSR count). The summed E-state index contributed by atoms with van der Waals surface area (Å²) in [5.74, 6) is 0. The van der Waals surface area contributed by atoms with Gasteiger partial charge in [-0.3, -0.25) is 0 Å². The van der Waals surface area contributed by atoms with Crippen molar-refractivity contribution in [2.45, 2.75) is 57.4 Å². The third-order valence-electron chi connectivity index (χ3n) is 6.80. The second kappa shape index (κ2) is 13.1. The molecule has 3 aromatic rings. The number of halogens is 3. The van der Waals surface area contributed by atoms with Gasteiger partial charge in [0.25, 0.3) is 0 Å². The Morgan fingerprint density at radius 3 is 1.53 bits per heavy atom. The van der Waals surface area contributed by atoms with E-state index in [-0.39, 0.29) is 6.16 Å². The number of hydrogen-bond donors (Lipinski definition) is 0. The van der Waals surface area contributed by atoms with Crippen LogP contribution in [0.2, 0.25) is 0 Å². The van der Waals surface area contributed by atoms with Crippen molar-refractivity contribution in [3.05, 3.63) is 103 Å². The molecule has 0 unspecified atom stereocenters. The van der Waals surface area contributed by atoms with Crippen LogP contribution in [0.15, 0.2) is 103 Å². The molecular weight excluding hydrogens is 528 g/mol. The maximum atomic E-state index is 14.0. The number of rotatable bonds is 14. The third-order valence-corrected chi connectivity index (χ3v) is 14.5. The normalized spacial score (nSPS) is 13.8. The fourth-order valence-electron chi connectivity index (χ4n) is 4.85. The van der Waals surface area contributed by atoms with Crippen LogP contribution in [0, 0.1) is 0 Å². The number of allylic oxidation sites excluding steroid dienone is 2. The van der Waals surface area contributed by atoms with Crippen LogP contribution in [0.3, 0.4) is 0 Å². The molecule has 0 heterocycles.